The number of benzene rings is 2. The number of nitrogens with zero attached hydrogens (tertiary/aromatic N) is 2. The predicted molar refractivity (Wildman–Crippen MR) is 149 cm³/mol. The first kappa shape index (κ1) is 25.2. The van der Waals surface area contributed by atoms with Gasteiger partial charge in [-0.3, -0.25) is 4.79 Å². The van der Waals surface area contributed by atoms with Gasteiger partial charge in [0.1, 0.15) is 5.76 Å². The molecule has 188 valence electrons. The average molecular weight is 543 g/mol. The number of allylic oxidation sites excluding steroid dienone is 3. The summed E-state index contributed by atoms with van der Waals surface area (Å²) in [6.45, 7) is 6.07. The number of carbonyl (C=O) groups excluding carboxylic acids is 1. The topological polar surface area (TPSA) is 56.1 Å². The summed E-state index contributed by atoms with van der Waals surface area (Å²) >= 11 is 14.7. The smallest absolute Gasteiger partial charge is 0.228 e. The van der Waals surface area contributed by atoms with Crippen LogP contribution in [0.1, 0.15) is 38.6 Å². The second kappa shape index (κ2) is 9.47. The molecule has 2 aromatic carbocycles. The third-order valence-corrected chi connectivity index (χ3v) is 8.34. The first-order chi connectivity index (χ1) is 17.1. The molecule has 1 saturated carbocycles. The molecule has 2 aliphatic rings. The Morgan fingerprint density at radius 2 is 2.03 bits per heavy atom. The number of fused-ring (bicyclic) bond motifs is 2. The van der Waals surface area contributed by atoms with Gasteiger partial charge in [0.05, 0.1) is 27.4 Å². The number of hydrogen-bond acceptors (Lipinski definition) is 4. The fourth-order valence-electron chi connectivity index (χ4n) is 4.67. The van der Waals surface area contributed by atoms with Gasteiger partial charge in [-0.15, -0.1) is 23.4 Å². The van der Waals surface area contributed by atoms with Crippen LogP contribution in [0.3, 0.4) is 0 Å². The number of anilines is 1. The Balaban J connectivity index is 1.30. The lowest BCUT2D eigenvalue weighted by molar-refractivity contribution is -0.115. The third kappa shape index (κ3) is 5.04. The minimum Gasteiger partial charge on any atom is -0.479 e. The van der Waals surface area contributed by atoms with Crippen molar-refractivity contribution < 1.29 is 9.53 Å². The van der Waals surface area contributed by atoms with Crippen molar-refractivity contribution in [2.24, 2.45) is 13.0 Å². The SMILES string of the molecule is CCSc1ccc(CC(=O)Nc2ccc3c(c2)nc(C(C)(C)OC2=CC4CC4(Cl)C=C2Cl)n3C)cc1. The molecule has 2 atom stereocenters. The molecule has 0 radical (unpaired) electrons. The molecular formula is C28H29Cl2N3O2S. The van der Waals surface area contributed by atoms with Gasteiger partial charge >= 0.3 is 0 Å². The summed E-state index contributed by atoms with van der Waals surface area (Å²) in [5, 5.41) is 3.54. The normalized spacial score (nSPS) is 21.0. The number of alkyl halides is 1. The lowest BCUT2D eigenvalue weighted by Gasteiger charge is -2.28. The minimum absolute atomic E-state index is 0.0637. The standard InChI is InChI=1S/C28H29Cl2N3O2S/c1-5-36-20-9-6-17(7-10-20)12-25(34)31-19-8-11-23-22(14-19)32-26(33(23)4)27(2,3)35-24-13-18-15-28(18,30)16-21(24)29/h6-11,13-14,16,18H,5,12,15H2,1-4H3,(H,31,34). The summed E-state index contributed by atoms with van der Waals surface area (Å²) in [5.74, 6) is 2.62. The number of thioether (sulfide) groups is 1. The first-order valence-electron chi connectivity index (χ1n) is 12.0. The molecular weight excluding hydrogens is 513 g/mol. The Bertz CT molecular complexity index is 1390. The van der Waals surface area contributed by atoms with Crippen LogP contribution in [-0.4, -0.2) is 26.1 Å². The van der Waals surface area contributed by atoms with Crippen molar-refractivity contribution in [3.05, 3.63) is 76.8 Å². The molecule has 2 unspecified atom stereocenters. The van der Waals surface area contributed by atoms with E-state index in [1.54, 1.807) is 11.8 Å². The quantitative estimate of drug-likeness (QED) is 0.243. The van der Waals surface area contributed by atoms with Crippen molar-refractivity contribution in [3.63, 3.8) is 0 Å². The van der Waals surface area contributed by atoms with E-state index in [4.69, 9.17) is 32.9 Å². The van der Waals surface area contributed by atoms with E-state index >= 15 is 0 Å². The number of amides is 1. The molecule has 1 amide bonds. The van der Waals surface area contributed by atoms with Gasteiger partial charge in [0.2, 0.25) is 5.91 Å². The number of rotatable bonds is 8. The maximum atomic E-state index is 12.7. The van der Waals surface area contributed by atoms with Gasteiger partial charge in [0.25, 0.3) is 0 Å². The summed E-state index contributed by atoms with van der Waals surface area (Å²) in [6, 6.07) is 13.9. The Hall–Kier alpha value is -2.41. The number of halogens is 2. The fourth-order valence-corrected chi connectivity index (χ4v) is 6.02. The van der Waals surface area contributed by atoms with Gasteiger partial charge in [-0.05, 0) is 74.1 Å². The molecule has 0 aliphatic heterocycles. The monoisotopic (exact) mass is 541 g/mol. The predicted octanol–water partition coefficient (Wildman–Crippen LogP) is 7.14. The van der Waals surface area contributed by atoms with Crippen molar-refractivity contribution in [1.29, 1.82) is 0 Å². The third-order valence-electron chi connectivity index (χ3n) is 6.61. The maximum Gasteiger partial charge on any atom is 0.228 e. The molecule has 5 rings (SSSR count). The molecule has 1 fully saturated rings. The summed E-state index contributed by atoms with van der Waals surface area (Å²) in [5.41, 5.74) is 2.69. The van der Waals surface area contributed by atoms with Crippen LogP contribution in [0.2, 0.25) is 0 Å². The average Bonchev–Trinajstić information content (AvgIpc) is 3.34. The van der Waals surface area contributed by atoms with E-state index in [9.17, 15) is 4.79 Å². The van der Waals surface area contributed by atoms with Gasteiger partial charge in [0.15, 0.2) is 11.4 Å². The van der Waals surface area contributed by atoms with Crippen LogP contribution in [0.25, 0.3) is 11.0 Å². The number of carbonyl (C=O) groups is 1. The van der Waals surface area contributed by atoms with E-state index in [0.29, 0.717) is 22.9 Å². The molecule has 0 saturated heterocycles. The molecule has 0 bridgehead atoms. The molecule has 36 heavy (non-hydrogen) atoms. The van der Waals surface area contributed by atoms with Crippen LogP contribution < -0.4 is 5.32 Å². The van der Waals surface area contributed by atoms with Gasteiger partial charge < -0.3 is 14.6 Å². The van der Waals surface area contributed by atoms with Gasteiger partial charge in [-0.25, -0.2) is 4.98 Å². The number of aromatic nitrogens is 2. The van der Waals surface area contributed by atoms with E-state index in [1.165, 1.54) is 4.90 Å². The lowest BCUT2D eigenvalue weighted by atomic mass is 10.1. The molecule has 1 aromatic heterocycles. The van der Waals surface area contributed by atoms with Crippen LogP contribution in [0.5, 0.6) is 0 Å². The summed E-state index contributed by atoms with van der Waals surface area (Å²) in [7, 11) is 1.96. The first-order valence-corrected chi connectivity index (χ1v) is 13.8. The Morgan fingerprint density at radius 1 is 1.28 bits per heavy atom. The second-order valence-corrected chi connectivity index (χ2v) is 12.3. The zero-order chi connectivity index (χ0) is 25.7. The number of nitrogens with one attached hydrogen (secondary N) is 1. The summed E-state index contributed by atoms with van der Waals surface area (Å²) < 4.78 is 8.38. The minimum atomic E-state index is -0.736. The zero-order valence-corrected chi connectivity index (χ0v) is 23.1. The Morgan fingerprint density at radius 3 is 2.75 bits per heavy atom. The van der Waals surface area contributed by atoms with Crippen molar-refractivity contribution in [2.45, 2.75) is 49.0 Å². The summed E-state index contributed by atoms with van der Waals surface area (Å²) in [6.07, 6.45) is 5.09. The lowest BCUT2D eigenvalue weighted by Crippen LogP contribution is -2.26. The second-order valence-electron chi connectivity index (χ2n) is 9.87. The van der Waals surface area contributed by atoms with Gasteiger partial charge in [0, 0.05) is 23.5 Å². The maximum absolute atomic E-state index is 12.7. The van der Waals surface area contributed by atoms with Crippen LogP contribution >= 0.6 is 35.0 Å². The number of ether oxygens (including phenoxy) is 1. The molecule has 1 heterocycles. The summed E-state index contributed by atoms with van der Waals surface area (Å²) in [4.78, 5) is 18.4. The number of hydrogen-bond donors (Lipinski definition) is 1. The van der Waals surface area contributed by atoms with Crippen molar-refractivity contribution in [1.82, 2.24) is 9.55 Å². The van der Waals surface area contributed by atoms with Gasteiger partial charge in [-0.2, -0.15) is 0 Å². The van der Waals surface area contributed by atoms with E-state index < -0.39 is 5.60 Å². The van der Waals surface area contributed by atoms with E-state index in [0.717, 1.165) is 34.6 Å². The molecule has 0 spiro atoms. The van der Waals surface area contributed by atoms with Gasteiger partial charge in [-0.1, -0.05) is 30.7 Å². The fraction of sp³-hybridized carbons (Fsp3) is 0.357. The van der Waals surface area contributed by atoms with Crippen molar-refractivity contribution >= 4 is 57.6 Å². The molecule has 8 heteroatoms. The van der Waals surface area contributed by atoms with Crippen molar-refractivity contribution in [2.75, 3.05) is 11.1 Å². The van der Waals surface area contributed by atoms with Crippen LogP contribution in [0, 0.1) is 5.92 Å². The van der Waals surface area contributed by atoms with Crippen LogP contribution in [-0.2, 0) is 28.6 Å². The molecule has 3 aromatic rings. The van der Waals surface area contributed by atoms with Crippen LogP contribution in [0.4, 0.5) is 5.69 Å². The number of imidazole rings is 1. The number of aryl methyl sites for hydroxylation is 1. The molecule has 2 aliphatic carbocycles. The Kier molecular flexibility index (Phi) is 6.64. The zero-order valence-electron chi connectivity index (χ0n) is 20.8. The highest BCUT2D eigenvalue weighted by atomic mass is 35.5. The van der Waals surface area contributed by atoms with E-state index in [2.05, 4.69) is 24.4 Å². The highest BCUT2D eigenvalue weighted by molar-refractivity contribution is 7.99. The van der Waals surface area contributed by atoms with E-state index in [-0.39, 0.29) is 16.7 Å². The van der Waals surface area contributed by atoms with E-state index in [1.807, 2.05) is 67.9 Å². The largest absolute Gasteiger partial charge is 0.479 e. The van der Waals surface area contributed by atoms with Crippen molar-refractivity contribution in [3.8, 4) is 0 Å². The van der Waals surface area contributed by atoms with Crippen LogP contribution in [0.15, 0.2) is 70.3 Å². The Labute approximate surface area is 225 Å². The molecule has 5 nitrogen and oxygen atoms in total. The highest BCUT2D eigenvalue weighted by Gasteiger charge is 2.53. The molecule has 1 N–H and O–H groups in total. The highest BCUT2D eigenvalue weighted by Crippen LogP contribution is 2.56.